The first-order valence-corrected chi connectivity index (χ1v) is 8.35. The van der Waals surface area contributed by atoms with Crippen LogP contribution in [-0.4, -0.2) is 25.4 Å². The van der Waals surface area contributed by atoms with Crippen molar-refractivity contribution in [2.75, 3.05) is 18.0 Å². The highest BCUT2D eigenvalue weighted by Crippen LogP contribution is 2.27. The fraction of sp³-hybridized carbons (Fsp3) is 0.316. The molecule has 0 saturated heterocycles. The van der Waals surface area contributed by atoms with Crippen LogP contribution < -0.4 is 15.0 Å². The predicted molar refractivity (Wildman–Crippen MR) is 91.9 cm³/mol. The predicted octanol–water partition coefficient (Wildman–Crippen LogP) is 3.65. The summed E-state index contributed by atoms with van der Waals surface area (Å²) in [6.07, 6.45) is -2.82. The molecule has 1 aliphatic rings. The Hall–Kier alpha value is -2.70. The molecule has 1 heterocycles. The van der Waals surface area contributed by atoms with Gasteiger partial charge in [-0.25, -0.2) is 0 Å². The molecule has 0 radical (unpaired) electrons. The number of para-hydroxylation sites is 2. The van der Waals surface area contributed by atoms with E-state index in [2.05, 4.69) is 10.1 Å². The van der Waals surface area contributed by atoms with Crippen molar-refractivity contribution < 1.29 is 22.7 Å². The van der Waals surface area contributed by atoms with Crippen LogP contribution in [0, 0.1) is 0 Å². The van der Waals surface area contributed by atoms with Crippen molar-refractivity contribution in [2.45, 2.75) is 25.7 Å². The van der Waals surface area contributed by atoms with Crippen molar-refractivity contribution in [1.82, 2.24) is 5.32 Å². The zero-order chi connectivity index (χ0) is 18.6. The zero-order valence-electron chi connectivity index (χ0n) is 14.1. The normalized spacial score (nSPS) is 13.9. The van der Waals surface area contributed by atoms with Crippen molar-refractivity contribution >= 4 is 11.6 Å². The average Bonchev–Trinajstić information content (AvgIpc) is 2.60. The topological polar surface area (TPSA) is 41.6 Å². The number of nitrogens with zero attached hydrogens (tertiary/aromatic N) is 1. The molecule has 0 bridgehead atoms. The highest BCUT2D eigenvalue weighted by molar-refractivity contribution is 5.82. The summed E-state index contributed by atoms with van der Waals surface area (Å²) in [6.45, 7) is 0.915. The highest BCUT2D eigenvalue weighted by Gasteiger charge is 2.32. The second-order valence-corrected chi connectivity index (χ2v) is 6.09. The van der Waals surface area contributed by atoms with E-state index < -0.39 is 6.36 Å². The lowest BCUT2D eigenvalue weighted by Crippen LogP contribution is -2.39. The molecule has 1 amide bonds. The van der Waals surface area contributed by atoms with Crippen LogP contribution in [0.15, 0.2) is 48.5 Å². The molecule has 2 aromatic carbocycles. The number of fused-ring (bicyclic) bond motifs is 1. The first-order valence-electron chi connectivity index (χ1n) is 8.35. The van der Waals surface area contributed by atoms with Crippen LogP contribution in [0.3, 0.4) is 0 Å². The maximum absolute atomic E-state index is 12.5. The molecule has 3 rings (SSSR count). The lowest BCUT2D eigenvalue weighted by Gasteiger charge is -2.30. The largest absolute Gasteiger partial charge is 0.573 e. The van der Waals surface area contributed by atoms with Crippen LogP contribution in [0.4, 0.5) is 18.9 Å². The third kappa shape index (κ3) is 4.68. The van der Waals surface area contributed by atoms with Crippen LogP contribution in [0.1, 0.15) is 17.5 Å². The summed E-state index contributed by atoms with van der Waals surface area (Å²) in [5.74, 6) is -0.549. The number of carbonyl (C=O) groups is 1. The molecule has 0 fully saturated rings. The minimum absolute atomic E-state index is 0.0272. The van der Waals surface area contributed by atoms with E-state index in [1.54, 1.807) is 6.07 Å². The number of nitrogens with one attached hydrogen (secondary N) is 1. The number of carbonyl (C=O) groups excluding carboxylic acids is 1. The number of aryl methyl sites for hydroxylation is 1. The van der Waals surface area contributed by atoms with Gasteiger partial charge in [0.25, 0.3) is 0 Å². The van der Waals surface area contributed by atoms with E-state index in [0.717, 1.165) is 25.1 Å². The third-order valence-electron chi connectivity index (χ3n) is 4.22. The average molecular weight is 364 g/mol. The minimum atomic E-state index is -4.77. The number of halogens is 3. The Kier molecular flexibility index (Phi) is 5.35. The van der Waals surface area contributed by atoms with Gasteiger partial charge in [0, 0.05) is 24.3 Å². The van der Waals surface area contributed by atoms with Gasteiger partial charge >= 0.3 is 6.36 Å². The lowest BCUT2D eigenvalue weighted by molar-refractivity contribution is -0.274. The van der Waals surface area contributed by atoms with Gasteiger partial charge in [-0.1, -0.05) is 36.4 Å². The number of amides is 1. The highest BCUT2D eigenvalue weighted by atomic mass is 19.4. The molecule has 0 saturated carbocycles. The summed E-state index contributed by atoms with van der Waals surface area (Å²) in [6, 6.07) is 13.7. The smallest absolute Gasteiger partial charge is 0.405 e. The van der Waals surface area contributed by atoms with E-state index in [4.69, 9.17) is 0 Å². The molecule has 1 aliphatic heterocycles. The fourth-order valence-corrected chi connectivity index (χ4v) is 3.07. The first-order chi connectivity index (χ1) is 12.4. The van der Waals surface area contributed by atoms with E-state index in [0.29, 0.717) is 0 Å². The molecular formula is C19H19F3N2O2. The maximum atomic E-state index is 12.5. The van der Waals surface area contributed by atoms with Gasteiger partial charge in [-0.05, 0) is 30.5 Å². The number of anilines is 1. The number of hydrogen-bond donors (Lipinski definition) is 1. The van der Waals surface area contributed by atoms with E-state index >= 15 is 0 Å². The van der Waals surface area contributed by atoms with Crippen molar-refractivity contribution in [3.05, 3.63) is 59.7 Å². The molecule has 0 atom stereocenters. The molecule has 26 heavy (non-hydrogen) atoms. The minimum Gasteiger partial charge on any atom is -0.405 e. The van der Waals surface area contributed by atoms with Gasteiger partial charge in [0.1, 0.15) is 5.75 Å². The zero-order valence-corrected chi connectivity index (χ0v) is 14.1. The number of alkyl halides is 3. The second kappa shape index (κ2) is 7.68. The Morgan fingerprint density at radius 2 is 1.85 bits per heavy atom. The quantitative estimate of drug-likeness (QED) is 0.881. The second-order valence-electron chi connectivity index (χ2n) is 6.09. The first kappa shape index (κ1) is 18.1. The molecule has 4 nitrogen and oxygen atoms in total. The van der Waals surface area contributed by atoms with Crippen molar-refractivity contribution in [3.63, 3.8) is 0 Å². The summed E-state index contributed by atoms with van der Waals surface area (Å²) in [5.41, 5.74) is 2.52. The number of hydrogen-bond acceptors (Lipinski definition) is 3. The van der Waals surface area contributed by atoms with E-state index in [9.17, 15) is 18.0 Å². The van der Waals surface area contributed by atoms with Crippen molar-refractivity contribution in [1.29, 1.82) is 0 Å². The van der Waals surface area contributed by atoms with E-state index in [1.165, 1.54) is 23.8 Å². The number of ether oxygens (including phenoxy) is 1. The number of rotatable bonds is 5. The van der Waals surface area contributed by atoms with Crippen molar-refractivity contribution in [2.24, 2.45) is 0 Å². The monoisotopic (exact) mass is 364 g/mol. The van der Waals surface area contributed by atoms with Crippen molar-refractivity contribution in [3.8, 4) is 5.75 Å². The van der Waals surface area contributed by atoms with E-state index in [1.807, 2.05) is 29.2 Å². The van der Waals surface area contributed by atoms with Gasteiger partial charge in [-0.2, -0.15) is 0 Å². The molecule has 0 aliphatic carbocycles. The Labute approximate surface area is 149 Å². The van der Waals surface area contributed by atoms with Crippen LogP contribution in [0.25, 0.3) is 0 Å². The van der Waals surface area contributed by atoms with Gasteiger partial charge in [0.2, 0.25) is 5.91 Å². The summed E-state index contributed by atoms with van der Waals surface area (Å²) in [5, 5.41) is 2.68. The molecule has 0 aromatic heterocycles. The number of benzene rings is 2. The molecule has 138 valence electrons. The van der Waals surface area contributed by atoms with Crippen LogP contribution >= 0.6 is 0 Å². The standard InChI is InChI=1S/C19H19F3N2O2/c20-19(21,22)26-17-10-4-2-7-15(17)12-23-18(25)13-24-11-5-8-14-6-1-3-9-16(14)24/h1-4,6-7,9-10H,5,8,11-13H2,(H,23,25). The molecule has 1 N–H and O–H groups in total. The third-order valence-corrected chi connectivity index (χ3v) is 4.22. The summed E-state index contributed by atoms with van der Waals surface area (Å²) in [7, 11) is 0. The summed E-state index contributed by atoms with van der Waals surface area (Å²) >= 11 is 0. The van der Waals surface area contributed by atoms with E-state index in [-0.39, 0.29) is 30.3 Å². The van der Waals surface area contributed by atoms with Gasteiger partial charge in [0.05, 0.1) is 6.54 Å². The Balaban J connectivity index is 1.61. The molecule has 7 heteroatoms. The molecule has 2 aromatic rings. The van der Waals surface area contributed by atoms with Crippen LogP contribution in [-0.2, 0) is 17.8 Å². The van der Waals surface area contributed by atoms with Gasteiger partial charge in [-0.15, -0.1) is 13.2 Å². The summed E-state index contributed by atoms with van der Waals surface area (Å²) < 4.78 is 41.4. The Morgan fingerprint density at radius 3 is 2.65 bits per heavy atom. The molecular weight excluding hydrogens is 345 g/mol. The van der Waals surface area contributed by atoms with Gasteiger partial charge in [0.15, 0.2) is 0 Å². The Bertz CT molecular complexity index is 777. The lowest BCUT2D eigenvalue weighted by atomic mass is 10.0. The maximum Gasteiger partial charge on any atom is 0.573 e. The van der Waals surface area contributed by atoms with Gasteiger partial charge in [-0.3, -0.25) is 4.79 Å². The Morgan fingerprint density at radius 1 is 1.12 bits per heavy atom. The summed E-state index contributed by atoms with van der Waals surface area (Å²) in [4.78, 5) is 14.3. The van der Waals surface area contributed by atoms with Gasteiger partial charge < -0.3 is 15.0 Å². The fourth-order valence-electron chi connectivity index (χ4n) is 3.07. The SMILES string of the molecule is O=C(CN1CCCc2ccccc21)NCc1ccccc1OC(F)(F)F. The molecule has 0 unspecified atom stereocenters. The van der Waals surface area contributed by atoms with Crippen LogP contribution in [0.5, 0.6) is 5.75 Å². The van der Waals surface area contributed by atoms with Crippen LogP contribution in [0.2, 0.25) is 0 Å². The molecule has 0 spiro atoms.